The number of carbonyl (C=O) groups is 3. The van der Waals surface area contributed by atoms with Gasteiger partial charge in [-0.25, -0.2) is 0 Å². The zero-order valence-corrected chi connectivity index (χ0v) is 17.4. The fourth-order valence-corrected chi connectivity index (χ4v) is 4.24. The van der Waals surface area contributed by atoms with E-state index in [1.165, 1.54) is 28.4 Å². The minimum atomic E-state index is -1.45. The monoisotopic (exact) mass is 442 g/mol. The lowest BCUT2D eigenvalue weighted by atomic mass is 9.75. The highest BCUT2D eigenvalue weighted by molar-refractivity contribution is 9.10. The van der Waals surface area contributed by atoms with Crippen molar-refractivity contribution in [1.82, 2.24) is 0 Å². The van der Waals surface area contributed by atoms with E-state index >= 15 is 0 Å². The third-order valence-corrected chi connectivity index (χ3v) is 5.75. The highest BCUT2D eigenvalue weighted by Crippen LogP contribution is 2.48. The van der Waals surface area contributed by atoms with Crippen molar-refractivity contribution in [2.24, 2.45) is 11.3 Å². The smallest absolute Gasteiger partial charge is 0.323 e. The highest BCUT2D eigenvalue weighted by Gasteiger charge is 2.57. The molecule has 1 aromatic rings. The number of esters is 2. The summed E-state index contributed by atoms with van der Waals surface area (Å²) in [5.74, 6) is -1.22. The average molecular weight is 443 g/mol. The molecule has 1 aliphatic rings. The average Bonchev–Trinajstić information content (AvgIpc) is 3.10. The number of Topliss-reactive ketones (excluding diaryl/α,β-unsaturated/α-hetero) is 1. The van der Waals surface area contributed by atoms with Gasteiger partial charge < -0.3 is 18.9 Å². The molecule has 7 nitrogen and oxygen atoms in total. The Morgan fingerprint density at radius 2 is 1.63 bits per heavy atom. The number of hydrogen-bond donors (Lipinski definition) is 0. The van der Waals surface area contributed by atoms with Gasteiger partial charge >= 0.3 is 11.9 Å². The van der Waals surface area contributed by atoms with E-state index in [-0.39, 0.29) is 12.2 Å². The zero-order chi connectivity index (χ0) is 20.2. The van der Waals surface area contributed by atoms with Gasteiger partial charge in [0.2, 0.25) is 0 Å². The van der Waals surface area contributed by atoms with Crippen LogP contribution in [0.25, 0.3) is 0 Å². The minimum absolute atomic E-state index is 0.00858. The van der Waals surface area contributed by atoms with Gasteiger partial charge in [0.05, 0.1) is 38.5 Å². The molecule has 1 aliphatic carbocycles. The summed E-state index contributed by atoms with van der Waals surface area (Å²) >= 11 is 3.36. The van der Waals surface area contributed by atoms with Crippen LogP contribution in [0.1, 0.15) is 36.0 Å². The van der Waals surface area contributed by atoms with Crippen LogP contribution in [0, 0.1) is 11.3 Å². The zero-order valence-electron chi connectivity index (χ0n) is 15.8. The third-order valence-electron chi connectivity index (χ3n) is 5.13. The van der Waals surface area contributed by atoms with Gasteiger partial charge in [-0.05, 0) is 46.8 Å². The molecule has 2 rings (SSSR count). The standard InChI is InChI=1S/C19H23BrO7/c1-24-15-10-13(20)16(25-2)9-12(15)14(21)8-11-6-5-7-19(11,17(22)26-3)18(23)27-4/h9-11H,5-8H2,1-4H3/t11-/m0/s1. The van der Waals surface area contributed by atoms with Crippen molar-refractivity contribution < 1.29 is 33.3 Å². The molecule has 0 radical (unpaired) electrons. The number of halogens is 1. The first kappa shape index (κ1) is 21.2. The van der Waals surface area contributed by atoms with Crippen molar-refractivity contribution in [2.75, 3.05) is 28.4 Å². The number of ketones is 1. The molecule has 1 saturated carbocycles. The van der Waals surface area contributed by atoms with Crippen LogP contribution in [0.4, 0.5) is 0 Å². The predicted molar refractivity (Wildman–Crippen MR) is 100.0 cm³/mol. The molecule has 148 valence electrons. The van der Waals surface area contributed by atoms with Crippen LogP contribution in [-0.4, -0.2) is 46.2 Å². The number of methoxy groups -OCH3 is 4. The number of benzene rings is 1. The molecule has 0 N–H and O–H groups in total. The van der Waals surface area contributed by atoms with E-state index in [9.17, 15) is 14.4 Å². The lowest BCUT2D eigenvalue weighted by Gasteiger charge is -2.29. The second-order valence-electron chi connectivity index (χ2n) is 6.36. The SMILES string of the molecule is COC(=O)C1(C(=O)OC)CCC[C@H]1CC(=O)c1cc(OC)c(Br)cc1OC. The third kappa shape index (κ3) is 3.81. The van der Waals surface area contributed by atoms with E-state index in [1.54, 1.807) is 12.1 Å². The Morgan fingerprint density at radius 1 is 1.04 bits per heavy atom. The first-order valence-corrected chi connectivity index (χ1v) is 9.26. The van der Waals surface area contributed by atoms with Gasteiger partial charge in [-0.3, -0.25) is 14.4 Å². The molecular weight excluding hydrogens is 420 g/mol. The summed E-state index contributed by atoms with van der Waals surface area (Å²) in [6.45, 7) is 0. The van der Waals surface area contributed by atoms with Crippen LogP contribution >= 0.6 is 15.9 Å². The van der Waals surface area contributed by atoms with Gasteiger partial charge in [0.1, 0.15) is 11.5 Å². The van der Waals surface area contributed by atoms with Crippen molar-refractivity contribution in [3.05, 3.63) is 22.2 Å². The van der Waals surface area contributed by atoms with Crippen molar-refractivity contribution in [1.29, 1.82) is 0 Å². The molecule has 0 aromatic heterocycles. The van der Waals surface area contributed by atoms with E-state index in [4.69, 9.17) is 18.9 Å². The Labute approximate surface area is 166 Å². The fourth-order valence-electron chi connectivity index (χ4n) is 3.75. The normalized spacial score (nSPS) is 17.9. The molecule has 8 heteroatoms. The molecule has 1 atom stereocenters. The molecule has 0 heterocycles. The lowest BCUT2D eigenvalue weighted by molar-refractivity contribution is -0.172. The molecule has 0 amide bonds. The number of hydrogen-bond acceptors (Lipinski definition) is 7. The maximum Gasteiger partial charge on any atom is 0.323 e. The van der Waals surface area contributed by atoms with Gasteiger partial charge in [0, 0.05) is 6.42 Å². The van der Waals surface area contributed by atoms with Gasteiger partial charge in [0.15, 0.2) is 11.2 Å². The van der Waals surface area contributed by atoms with E-state index in [0.29, 0.717) is 40.8 Å². The molecule has 27 heavy (non-hydrogen) atoms. The van der Waals surface area contributed by atoms with Crippen LogP contribution < -0.4 is 9.47 Å². The highest BCUT2D eigenvalue weighted by atomic mass is 79.9. The van der Waals surface area contributed by atoms with E-state index in [2.05, 4.69) is 15.9 Å². The Bertz CT molecular complexity index is 728. The van der Waals surface area contributed by atoms with Gasteiger partial charge in [-0.1, -0.05) is 6.42 Å². The van der Waals surface area contributed by atoms with E-state index in [0.717, 1.165) is 0 Å². The Morgan fingerprint density at radius 3 is 2.15 bits per heavy atom. The quantitative estimate of drug-likeness (QED) is 0.363. The molecule has 1 fully saturated rings. The first-order chi connectivity index (χ1) is 12.8. The van der Waals surface area contributed by atoms with Crippen molar-refractivity contribution in [3.63, 3.8) is 0 Å². The maximum absolute atomic E-state index is 13.0. The number of rotatable bonds is 7. The minimum Gasteiger partial charge on any atom is -0.496 e. The summed E-state index contributed by atoms with van der Waals surface area (Å²) < 4.78 is 21.0. The van der Waals surface area contributed by atoms with Crippen LogP contribution in [0.5, 0.6) is 11.5 Å². The molecule has 0 unspecified atom stereocenters. The summed E-state index contributed by atoms with van der Waals surface area (Å²) in [7, 11) is 5.42. The molecule has 0 saturated heterocycles. The predicted octanol–water partition coefficient (Wildman–Crippen LogP) is 3.17. The fraction of sp³-hybridized carbons (Fsp3) is 0.526. The lowest BCUT2D eigenvalue weighted by Crippen LogP contribution is -2.44. The van der Waals surface area contributed by atoms with Crippen molar-refractivity contribution in [2.45, 2.75) is 25.7 Å². The van der Waals surface area contributed by atoms with E-state index < -0.39 is 23.3 Å². The maximum atomic E-state index is 13.0. The summed E-state index contributed by atoms with van der Waals surface area (Å²) in [5, 5.41) is 0. The molecule has 1 aromatic carbocycles. The van der Waals surface area contributed by atoms with Gasteiger partial charge in [-0.15, -0.1) is 0 Å². The summed E-state index contributed by atoms with van der Waals surface area (Å²) in [5.41, 5.74) is -1.13. The van der Waals surface area contributed by atoms with Crippen LogP contribution in [0.15, 0.2) is 16.6 Å². The Hall–Kier alpha value is -2.09. The summed E-state index contributed by atoms with van der Waals surface area (Å²) in [6.07, 6.45) is 1.46. The first-order valence-electron chi connectivity index (χ1n) is 8.47. The molecular formula is C19H23BrO7. The summed E-state index contributed by atoms with van der Waals surface area (Å²) in [6, 6.07) is 3.23. The second-order valence-corrected chi connectivity index (χ2v) is 7.21. The van der Waals surface area contributed by atoms with Crippen molar-refractivity contribution in [3.8, 4) is 11.5 Å². The Balaban J connectivity index is 2.39. The number of carbonyl (C=O) groups excluding carboxylic acids is 3. The van der Waals surface area contributed by atoms with E-state index in [1.807, 2.05) is 0 Å². The molecule has 0 aliphatic heterocycles. The van der Waals surface area contributed by atoms with Crippen molar-refractivity contribution >= 4 is 33.7 Å². The topological polar surface area (TPSA) is 88.1 Å². The number of ether oxygens (including phenoxy) is 4. The Kier molecular flexibility index (Phi) is 6.86. The van der Waals surface area contributed by atoms with Crippen LogP contribution in [-0.2, 0) is 19.1 Å². The largest absolute Gasteiger partial charge is 0.496 e. The summed E-state index contributed by atoms with van der Waals surface area (Å²) in [4.78, 5) is 37.9. The molecule has 0 bridgehead atoms. The van der Waals surface area contributed by atoms with Crippen LogP contribution in [0.3, 0.4) is 0 Å². The second kappa shape index (κ2) is 8.73. The molecule has 0 spiro atoms. The van der Waals surface area contributed by atoms with Gasteiger partial charge in [-0.2, -0.15) is 0 Å². The van der Waals surface area contributed by atoms with Gasteiger partial charge in [0.25, 0.3) is 0 Å². The van der Waals surface area contributed by atoms with Crippen LogP contribution in [0.2, 0.25) is 0 Å².